The van der Waals surface area contributed by atoms with E-state index >= 15 is 0 Å². The number of fused-ring (bicyclic) bond motifs is 1. The molecule has 0 spiro atoms. The normalized spacial score (nSPS) is 10.9. The quantitative estimate of drug-likeness (QED) is 0.655. The maximum atomic E-state index is 11.8. The van der Waals surface area contributed by atoms with E-state index in [2.05, 4.69) is 5.32 Å². The van der Waals surface area contributed by atoms with Crippen molar-refractivity contribution < 1.29 is 9.21 Å². The molecule has 2 aromatic rings. The van der Waals surface area contributed by atoms with Crippen LogP contribution in [0, 0.1) is 0 Å². The van der Waals surface area contributed by atoms with E-state index in [0.29, 0.717) is 29.3 Å². The van der Waals surface area contributed by atoms with Gasteiger partial charge in [-0.05, 0) is 30.8 Å². The van der Waals surface area contributed by atoms with Crippen molar-refractivity contribution in [2.45, 2.75) is 13.3 Å². The molecule has 0 saturated heterocycles. The third-order valence-corrected chi connectivity index (χ3v) is 2.77. The lowest BCUT2D eigenvalue weighted by Gasteiger charge is -1.98. The number of carbonyl (C=O) groups is 1. The van der Waals surface area contributed by atoms with Crippen molar-refractivity contribution in [3.05, 3.63) is 35.0 Å². The number of hydrogen-bond acceptors (Lipinski definition) is 3. The summed E-state index contributed by atoms with van der Waals surface area (Å²) in [6.07, 6.45) is 0.446. The molecule has 0 fully saturated rings. The van der Waals surface area contributed by atoms with E-state index in [1.54, 1.807) is 24.3 Å². The molecule has 0 bridgehead atoms. The van der Waals surface area contributed by atoms with Crippen LogP contribution in [-0.4, -0.2) is 18.9 Å². The molecule has 0 aliphatic rings. The second kappa shape index (κ2) is 5.34. The van der Waals surface area contributed by atoms with Crippen molar-refractivity contribution in [1.29, 1.82) is 0 Å². The molecule has 1 N–H and O–H groups in total. The SMILES string of the molecule is CCNCCC(=O)c1cc2cc(Cl)ccc2o1. The number of Topliss-reactive ketones (excluding diaryl/α,β-unsaturated/α-hetero) is 1. The fourth-order valence-electron chi connectivity index (χ4n) is 1.65. The maximum Gasteiger partial charge on any atom is 0.199 e. The number of nitrogens with one attached hydrogen (secondary N) is 1. The Balaban J connectivity index is 2.15. The number of ketones is 1. The van der Waals surface area contributed by atoms with Crippen molar-refractivity contribution in [3.8, 4) is 0 Å². The Bertz CT molecular complexity index is 533. The molecule has 1 aromatic heterocycles. The summed E-state index contributed by atoms with van der Waals surface area (Å²) >= 11 is 5.87. The van der Waals surface area contributed by atoms with Crippen molar-refractivity contribution in [2.75, 3.05) is 13.1 Å². The first kappa shape index (κ1) is 12.1. The average molecular weight is 252 g/mol. The first-order chi connectivity index (χ1) is 8.20. The van der Waals surface area contributed by atoms with Gasteiger partial charge in [-0.2, -0.15) is 0 Å². The van der Waals surface area contributed by atoms with Crippen LogP contribution >= 0.6 is 11.6 Å². The highest BCUT2D eigenvalue weighted by molar-refractivity contribution is 6.31. The molecule has 0 atom stereocenters. The van der Waals surface area contributed by atoms with Crippen LogP contribution in [0.15, 0.2) is 28.7 Å². The number of halogens is 1. The highest BCUT2D eigenvalue weighted by atomic mass is 35.5. The second-order valence-corrected chi connectivity index (χ2v) is 4.26. The molecule has 90 valence electrons. The Morgan fingerprint density at radius 2 is 2.24 bits per heavy atom. The zero-order valence-electron chi connectivity index (χ0n) is 9.63. The van der Waals surface area contributed by atoms with E-state index in [0.717, 1.165) is 11.9 Å². The van der Waals surface area contributed by atoms with Crippen molar-refractivity contribution >= 4 is 28.4 Å². The van der Waals surface area contributed by atoms with Gasteiger partial charge in [0.2, 0.25) is 0 Å². The molecule has 0 aliphatic heterocycles. The molecule has 0 aliphatic carbocycles. The van der Waals surface area contributed by atoms with Gasteiger partial charge in [0.25, 0.3) is 0 Å². The first-order valence-electron chi connectivity index (χ1n) is 5.63. The number of rotatable bonds is 5. The molecule has 0 saturated carbocycles. The zero-order valence-corrected chi connectivity index (χ0v) is 10.4. The van der Waals surface area contributed by atoms with Crippen molar-refractivity contribution in [2.24, 2.45) is 0 Å². The minimum absolute atomic E-state index is 0.0123. The highest BCUT2D eigenvalue weighted by Crippen LogP contribution is 2.23. The van der Waals surface area contributed by atoms with E-state index in [1.165, 1.54) is 0 Å². The van der Waals surface area contributed by atoms with Crippen LogP contribution in [-0.2, 0) is 0 Å². The fourth-order valence-corrected chi connectivity index (χ4v) is 1.83. The highest BCUT2D eigenvalue weighted by Gasteiger charge is 2.11. The standard InChI is InChI=1S/C13H14ClNO2/c1-2-15-6-5-11(16)13-8-9-7-10(14)3-4-12(9)17-13/h3-4,7-8,15H,2,5-6H2,1H3. The van der Waals surface area contributed by atoms with Gasteiger partial charge < -0.3 is 9.73 Å². The molecular weight excluding hydrogens is 238 g/mol. The van der Waals surface area contributed by atoms with Crippen LogP contribution in [0.4, 0.5) is 0 Å². The van der Waals surface area contributed by atoms with E-state index in [-0.39, 0.29) is 5.78 Å². The summed E-state index contributed by atoms with van der Waals surface area (Å²) in [6, 6.07) is 7.07. The van der Waals surface area contributed by atoms with Gasteiger partial charge in [-0.15, -0.1) is 0 Å². The molecular formula is C13H14ClNO2. The molecule has 0 unspecified atom stereocenters. The van der Waals surface area contributed by atoms with Crippen LogP contribution in [0.1, 0.15) is 23.9 Å². The average Bonchev–Trinajstić information content (AvgIpc) is 2.72. The maximum absolute atomic E-state index is 11.8. The van der Waals surface area contributed by atoms with Crippen LogP contribution < -0.4 is 5.32 Å². The topological polar surface area (TPSA) is 42.2 Å². The molecule has 4 heteroatoms. The summed E-state index contributed by atoms with van der Waals surface area (Å²) in [5.74, 6) is 0.415. The van der Waals surface area contributed by atoms with Crippen LogP contribution in [0.25, 0.3) is 11.0 Å². The number of benzene rings is 1. The lowest BCUT2D eigenvalue weighted by molar-refractivity contribution is 0.0958. The summed E-state index contributed by atoms with van der Waals surface area (Å²) in [4.78, 5) is 11.8. The summed E-state index contributed by atoms with van der Waals surface area (Å²) in [7, 11) is 0. The van der Waals surface area contributed by atoms with Gasteiger partial charge in [-0.3, -0.25) is 4.79 Å². The predicted molar refractivity (Wildman–Crippen MR) is 68.7 cm³/mol. The molecule has 1 heterocycles. The van der Waals surface area contributed by atoms with E-state index in [4.69, 9.17) is 16.0 Å². The number of hydrogen-bond donors (Lipinski definition) is 1. The van der Waals surface area contributed by atoms with Gasteiger partial charge >= 0.3 is 0 Å². The van der Waals surface area contributed by atoms with Crippen molar-refractivity contribution in [1.82, 2.24) is 5.32 Å². The van der Waals surface area contributed by atoms with Crippen LogP contribution in [0.3, 0.4) is 0 Å². The van der Waals surface area contributed by atoms with E-state index in [9.17, 15) is 4.79 Å². The summed E-state index contributed by atoms with van der Waals surface area (Å²) in [5.41, 5.74) is 0.696. The minimum atomic E-state index is 0.0123. The Morgan fingerprint density at radius 1 is 1.41 bits per heavy atom. The third kappa shape index (κ3) is 2.87. The molecule has 2 rings (SSSR count). The van der Waals surface area contributed by atoms with Gasteiger partial charge in [-0.25, -0.2) is 0 Å². The largest absolute Gasteiger partial charge is 0.453 e. The fraction of sp³-hybridized carbons (Fsp3) is 0.308. The van der Waals surface area contributed by atoms with Gasteiger partial charge in [0.15, 0.2) is 11.5 Å². The molecule has 3 nitrogen and oxygen atoms in total. The number of furan rings is 1. The molecule has 0 radical (unpaired) electrons. The minimum Gasteiger partial charge on any atom is -0.453 e. The lowest BCUT2D eigenvalue weighted by atomic mass is 10.2. The second-order valence-electron chi connectivity index (χ2n) is 3.82. The van der Waals surface area contributed by atoms with Crippen LogP contribution in [0.2, 0.25) is 5.02 Å². The van der Waals surface area contributed by atoms with E-state index in [1.807, 2.05) is 6.92 Å². The predicted octanol–water partition coefficient (Wildman–Crippen LogP) is 3.27. The Kier molecular flexibility index (Phi) is 3.82. The molecule has 17 heavy (non-hydrogen) atoms. The smallest absolute Gasteiger partial charge is 0.199 e. The van der Waals surface area contributed by atoms with Crippen LogP contribution in [0.5, 0.6) is 0 Å². The summed E-state index contributed by atoms with van der Waals surface area (Å²) in [6.45, 7) is 3.55. The molecule has 1 aromatic carbocycles. The Labute approximate surface area is 105 Å². The zero-order chi connectivity index (χ0) is 12.3. The lowest BCUT2D eigenvalue weighted by Crippen LogP contribution is -2.17. The van der Waals surface area contributed by atoms with Gasteiger partial charge in [0.1, 0.15) is 5.58 Å². The van der Waals surface area contributed by atoms with Gasteiger partial charge in [0, 0.05) is 23.4 Å². The van der Waals surface area contributed by atoms with Crippen molar-refractivity contribution in [3.63, 3.8) is 0 Å². The van der Waals surface area contributed by atoms with E-state index < -0.39 is 0 Å². The summed E-state index contributed by atoms with van der Waals surface area (Å²) in [5, 5.41) is 4.62. The summed E-state index contributed by atoms with van der Waals surface area (Å²) < 4.78 is 5.48. The first-order valence-corrected chi connectivity index (χ1v) is 6.01. The van der Waals surface area contributed by atoms with Gasteiger partial charge in [-0.1, -0.05) is 18.5 Å². The number of carbonyl (C=O) groups excluding carboxylic acids is 1. The molecule has 0 amide bonds. The monoisotopic (exact) mass is 251 g/mol. The third-order valence-electron chi connectivity index (χ3n) is 2.53. The van der Waals surface area contributed by atoms with Gasteiger partial charge in [0.05, 0.1) is 0 Å². The Morgan fingerprint density at radius 3 is 3.00 bits per heavy atom. The Hall–Kier alpha value is -1.32.